The number of aliphatic imine (C=N–C) groups is 1. The van der Waals surface area contributed by atoms with Crippen LogP contribution < -0.4 is 26.3 Å². The average molecular weight is 640 g/mol. The smallest absolute Gasteiger partial charge is 0.331 e. The third-order valence-corrected chi connectivity index (χ3v) is 8.88. The quantitative estimate of drug-likeness (QED) is 0.0907. The number of hydrogen-bond donors (Lipinski definition) is 3. The number of amides is 2. The van der Waals surface area contributed by atoms with Crippen molar-refractivity contribution >= 4 is 45.6 Å². The predicted octanol–water partition coefficient (Wildman–Crippen LogP) is 5.86. The van der Waals surface area contributed by atoms with E-state index in [1.54, 1.807) is 6.07 Å². The van der Waals surface area contributed by atoms with Crippen molar-refractivity contribution < 1.29 is 32.2 Å². The van der Waals surface area contributed by atoms with Crippen LogP contribution in [0.15, 0.2) is 46.8 Å². The molecule has 1 fully saturated rings. The van der Waals surface area contributed by atoms with Crippen molar-refractivity contribution in [3.05, 3.63) is 70.0 Å². The van der Waals surface area contributed by atoms with Gasteiger partial charge < -0.3 is 26.3 Å². The third-order valence-electron chi connectivity index (χ3n) is 7.87. The third kappa shape index (κ3) is 6.72. The molecule has 45 heavy (non-hydrogen) atoms. The summed E-state index contributed by atoms with van der Waals surface area (Å²) in [5.74, 6) is 0.675. The van der Waals surface area contributed by atoms with Gasteiger partial charge in [0.2, 0.25) is 6.41 Å². The fraction of sp³-hybridized carbons (Fsp3) is 0.312. The molecule has 13 heteroatoms. The van der Waals surface area contributed by atoms with Crippen LogP contribution in [0.3, 0.4) is 0 Å². The predicted molar refractivity (Wildman–Crippen MR) is 168 cm³/mol. The summed E-state index contributed by atoms with van der Waals surface area (Å²) >= 11 is 1.34. The van der Waals surface area contributed by atoms with Crippen LogP contribution in [0.4, 0.5) is 18.9 Å². The lowest BCUT2D eigenvalue weighted by Crippen LogP contribution is -2.30. The van der Waals surface area contributed by atoms with Gasteiger partial charge in [-0.3, -0.25) is 9.59 Å². The molecule has 1 saturated carbocycles. The Hall–Kier alpha value is -4.65. The Morgan fingerprint density at radius 1 is 1.29 bits per heavy atom. The molecule has 0 spiro atoms. The number of benzene rings is 2. The lowest BCUT2D eigenvalue weighted by atomic mass is 9.93. The Labute approximate surface area is 261 Å². The lowest BCUT2D eigenvalue weighted by molar-refractivity contribution is -0.106. The van der Waals surface area contributed by atoms with Gasteiger partial charge in [-0.2, -0.15) is 8.78 Å². The van der Waals surface area contributed by atoms with E-state index in [0.717, 1.165) is 47.0 Å². The van der Waals surface area contributed by atoms with E-state index in [4.69, 9.17) is 25.0 Å². The van der Waals surface area contributed by atoms with Gasteiger partial charge in [-0.05, 0) is 43.0 Å². The van der Waals surface area contributed by atoms with Crippen molar-refractivity contribution in [1.29, 1.82) is 0 Å². The van der Waals surface area contributed by atoms with Gasteiger partial charge in [0, 0.05) is 63.3 Å². The normalized spacial score (nSPS) is 16.2. The Morgan fingerprint density at radius 2 is 2.04 bits per heavy atom. The number of nitrogens with two attached hydrogens (primary N) is 2. The minimum absolute atomic E-state index is 0.0667. The minimum Gasteiger partial charge on any atom is -0.495 e. The maximum Gasteiger partial charge on any atom is 0.331 e. The molecule has 0 radical (unpaired) electrons. The highest BCUT2D eigenvalue weighted by Crippen LogP contribution is 2.48. The second kappa shape index (κ2) is 13.6. The molecule has 1 aliphatic carbocycles. The van der Waals surface area contributed by atoms with E-state index in [1.807, 2.05) is 11.4 Å². The standard InChI is InChI=1S/C31H29F3N4O3S.CH3NO/c1-15-13-41-28-20(15)10-24(38-27(28)22-14-42-29-19(22)4-3-5-23(29)32)21(16-6-7-16)12-36-30(39)17-8-18(11-37-31(33)34)26(35)25(9-17)40-2;2-1-3/h3-5,8-11,14-16,21,31H,6-7,12-13,35H2,1-2H3,(H,36,39);1H,(H2,2,3)/b37-11+;. The van der Waals surface area contributed by atoms with Crippen LogP contribution in [0.25, 0.3) is 21.3 Å². The van der Waals surface area contributed by atoms with Crippen LogP contribution in [0.5, 0.6) is 11.5 Å². The summed E-state index contributed by atoms with van der Waals surface area (Å²) in [5.41, 5.74) is 14.1. The highest BCUT2D eigenvalue weighted by Gasteiger charge is 2.36. The molecular formula is C32H32F3N5O4S. The Balaban J connectivity index is 0.00000128. The first-order chi connectivity index (χ1) is 21.7. The molecule has 1 aliphatic heterocycles. The summed E-state index contributed by atoms with van der Waals surface area (Å²) in [6, 6.07) is 10.0. The molecule has 2 aromatic heterocycles. The van der Waals surface area contributed by atoms with Crippen LogP contribution in [0.2, 0.25) is 0 Å². The highest BCUT2D eigenvalue weighted by molar-refractivity contribution is 7.17. The number of alkyl halides is 2. The van der Waals surface area contributed by atoms with Gasteiger partial charge in [-0.25, -0.2) is 14.4 Å². The number of fused-ring (bicyclic) bond motifs is 2. The zero-order chi connectivity index (χ0) is 32.2. The number of nitrogens with one attached hydrogen (secondary N) is 1. The fourth-order valence-electron chi connectivity index (χ4n) is 5.48. The second-order valence-electron chi connectivity index (χ2n) is 10.8. The number of nitrogens with zero attached hydrogens (tertiary/aromatic N) is 2. The molecule has 3 heterocycles. The lowest BCUT2D eigenvalue weighted by Gasteiger charge is -2.20. The number of carbonyl (C=O) groups is 2. The number of rotatable bonds is 9. The molecule has 4 aromatic rings. The van der Waals surface area contributed by atoms with Crippen LogP contribution in [-0.2, 0) is 4.79 Å². The summed E-state index contributed by atoms with van der Waals surface area (Å²) in [4.78, 5) is 30.1. The van der Waals surface area contributed by atoms with E-state index in [-0.39, 0.29) is 46.6 Å². The first-order valence-electron chi connectivity index (χ1n) is 14.2. The highest BCUT2D eigenvalue weighted by atomic mass is 32.1. The number of pyridine rings is 1. The second-order valence-corrected chi connectivity index (χ2v) is 11.7. The molecule has 9 nitrogen and oxygen atoms in total. The first-order valence-corrected chi connectivity index (χ1v) is 15.1. The summed E-state index contributed by atoms with van der Waals surface area (Å²) in [6.45, 7) is 0.0412. The molecule has 6 rings (SSSR count). The number of thiophene rings is 1. The van der Waals surface area contributed by atoms with Gasteiger partial charge in [-0.15, -0.1) is 11.3 Å². The van der Waals surface area contributed by atoms with Gasteiger partial charge in [-0.1, -0.05) is 19.1 Å². The van der Waals surface area contributed by atoms with E-state index in [0.29, 0.717) is 29.5 Å². The van der Waals surface area contributed by atoms with E-state index < -0.39 is 12.5 Å². The Bertz CT molecular complexity index is 1760. The summed E-state index contributed by atoms with van der Waals surface area (Å²) in [5, 5.41) is 5.71. The van der Waals surface area contributed by atoms with Crippen molar-refractivity contribution in [2.45, 2.75) is 38.2 Å². The largest absolute Gasteiger partial charge is 0.495 e. The van der Waals surface area contributed by atoms with Gasteiger partial charge in [0.05, 0.1) is 24.1 Å². The summed E-state index contributed by atoms with van der Waals surface area (Å²) in [7, 11) is 1.39. The number of nitrogen functional groups attached to an aromatic ring is 1. The molecule has 2 unspecified atom stereocenters. The van der Waals surface area contributed by atoms with Crippen LogP contribution in [-0.4, -0.2) is 50.3 Å². The Kier molecular flexibility index (Phi) is 9.57. The zero-order valence-electron chi connectivity index (χ0n) is 24.6. The van der Waals surface area contributed by atoms with Crippen LogP contribution in [0.1, 0.15) is 58.8 Å². The summed E-state index contributed by atoms with van der Waals surface area (Å²) in [6.07, 6.45) is 3.21. The van der Waals surface area contributed by atoms with E-state index in [2.05, 4.69) is 29.0 Å². The van der Waals surface area contributed by atoms with Gasteiger partial charge in [0.1, 0.15) is 23.0 Å². The number of halogens is 3. The monoisotopic (exact) mass is 639 g/mol. The molecular weight excluding hydrogens is 607 g/mol. The average Bonchev–Trinajstić information content (AvgIpc) is 3.65. The number of anilines is 1. The van der Waals surface area contributed by atoms with E-state index in [9.17, 15) is 18.0 Å². The topological polar surface area (TPSA) is 142 Å². The molecule has 0 bridgehead atoms. The maximum absolute atomic E-state index is 14.5. The van der Waals surface area contributed by atoms with Gasteiger partial charge in [0.15, 0.2) is 0 Å². The van der Waals surface area contributed by atoms with Crippen molar-refractivity contribution in [2.75, 3.05) is 26.0 Å². The molecule has 2 atom stereocenters. The number of methoxy groups -OCH3 is 1. The molecule has 2 aromatic carbocycles. The van der Waals surface area contributed by atoms with Crippen molar-refractivity contribution in [2.24, 2.45) is 16.6 Å². The molecule has 5 N–H and O–H groups in total. The molecule has 0 saturated heterocycles. The molecule has 2 amide bonds. The van der Waals surface area contributed by atoms with Crippen LogP contribution in [0, 0.1) is 11.7 Å². The SMILES string of the molecule is COc1cc(C(=O)NCC(c2cc3c(c(-c4csc5c(F)cccc45)n2)OCC3C)C2CC2)cc(/C=N/C(F)F)c1N.NC=O. The summed E-state index contributed by atoms with van der Waals surface area (Å²) < 4.78 is 51.8. The first kappa shape index (κ1) is 31.8. The van der Waals surface area contributed by atoms with E-state index in [1.165, 1.54) is 36.6 Å². The zero-order valence-corrected chi connectivity index (χ0v) is 25.4. The van der Waals surface area contributed by atoms with Crippen LogP contribution >= 0.6 is 11.3 Å². The number of carbonyl (C=O) groups excluding carboxylic acids is 2. The van der Waals surface area contributed by atoms with E-state index >= 15 is 0 Å². The van der Waals surface area contributed by atoms with Gasteiger partial charge in [0.25, 0.3) is 5.91 Å². The number of primary amides is 1. The van der Waals surface area contributed by atoms with Crippen molar-refractivity contribution in [3.63, 3.8) is 0 Å². The number of aromatic nitrogens is 1. The maximum atomic E-state index is 14.5. The van der Waals surface area contributed by atoms with Crippen molar-refractivity contribution in [1.82, 2.24) is 10.3 Å². The fourth-order valence-corrected chi connectivity index (χ4v) is 6.44. The van der Waals surface area contributed by atoms with Crippen molar-refractivity contribution in [3.8, 4) is 22.8 Å². The number of ether oxygens (including phenoxy) is 2. The Morgan fingerprint density at radius 3 is 2.73 bits per heavy atom. The van der Waals surface area contributed by atoms with Gasteiger partial charge >= 0.3 is 6.55 Å². The number of hydrogen-bond acceptors (Lipinski definition) is 8. The molecule has 2 aliphatic rings. The minimum atomic E-state index is -2.91. The molecule has 236 valence electrons.